The number of hydrogen-bond donors (Lipinski definition) is 2. The van der Waals surface area contributed by atoms with E-state index in [0.717, 1.165) is 40.5 Å². The number of fused-ring (bicyclic) bond motifs is 1. The quantitative estimate of drug-likeness (QED) is 0.531. The van der Waals surface area contributed by atoms with E-state index in [4.69, 9.17) is 15.7 Å². The molecule has 3 aromatic heterocycles. The zero-order chi connectivity index (χ0) is 21.8. The highest BCUT2D eigenvalue weighted by Gasteiger charge is 2.18. The number of anilines is 1. The highest BCUT2D eigenvalue weighted by atomic mass is 32.1. The Morgan fingerprint density at radius 1 is 1.10 bits per heavy atom. The molecule has 3 aromatic rings. The highest BCUT2D eigenvalue weighted by molar-refractivity contribution is 7.19. The molecule has 0 spiro atoms. The van der Waals surface area contributed by atoms with Gasteiger partial charge in [0.2, 0.25) is 0 Å². The highest BCUT2D eigenvalue weighted by Crippen LogP contribution is 2.35. The zero-order valence-corrected chi connectivity index (χ0v) is 19.7. The van der Waals surface area contributed by atoms with Crippen LogP contribution in [0.25, 0.3) is 10.2 Å². The molecule has 0 amide bonds. The van der Waals surface area contributed by atoms with Crippen LogP contribution in [-0.2, 0) is 13.0 Å². The molecule has 0 aliphatic heterocycles. The number of nitrogens with two attached hydrogens (primary N) is 1. The van der Waals surface area contributed by atoms with Gasteiger partial charge in [-0.1, -0.05) is 41.5 Å². The second-order valence-electron chi connectivity index (χ2n) is 6.12. The minimum atomic E-state index is 0.315. The Morgan fingerprint density at radius 2 is 1.76 bits per heavy atom. The van der Waals surface area contributed by atoms with E-state index in [2.05, 4.69) is 36.1 Å². The predicted molar refractivity (Wildman–Crippen MR) is 126 cm³/mol. The molecule has 1 atom stereocenters. The Kier molecular flexibility index (Phi) is 11.3. The fraction of sp³-hybridized carbons (Fsp3) is 0.545. The van der Waals surface area contributed by atoms with Gasteiger partial charge in [0, 0.05) is 23.2 Å². The minimum Gasteiger partial charge on any atom is -0.361 e. The van der Waals surface area contributed by atoms with Crippen LogP contribution in [0.4, 0.5) is 5.82 Å². The largest absolute Gasteiger partial charge is 0.361 e. The van der Waals surface area contributed by atoms with Crippen molar-refractivity contribution in [2.75, 3.05) is 11.9 Å². The standard InChI is InChI=1S/C18H24N6S.2C2H6/c1-4-11(2)17-23-15-12(3)13(6-7-19)25-16(15)18(24-17)22-10-14-20-8-5-9-21-14;2*1-2/h5,8-9,11H,4,6-7,10,19H2,1-3H3,(H,22,23,24);2*1-2H3. The van der Waals surface area contributed by atoms with Crippen LogP contribution < -0.4 is 11.1 Å². The first-order chi connectivity index (χ1) is 14.1. The van der Waals surface area contributed by atoms with E-state index in [0.29, 0.717) is 19.0 Å². The monoisotopic (exact) mass is 416 g/mol. The molecule has 0 aliphatic carbocycles. The van der Waals surface area contributed by atoms with Crippen molar-refractivity contribution in [3.63, 3.8) is 0 Å². The SMILES string of the molecule is CC.CC.CCC(C)c1nc(NCc2ncccn2)c2sc(CCN)c(C)c2n1. The molecule has 0 saturated heterocycles. The molecule has 7 heteroatoms. The summed E-state index contributed by atoms with van der Waals surface area (Å²) in [6.45, 7) is 15.6. The Labute approximate surface area is 179 Å². The topological polar surface area (TPSA) is 89.6 Å². The third-order valence-electron chi connectivity index (χ3n) is 4.34. The van der Waals surface area contributed by atoms with Crippen molar-refractivity contribution in [1.29, 1.82) is 0 Å². The first-order valence-corrected chi connectivity index (χ1v) is 11.4. The summed E-state index contributed by atoms with van der Waals surface area (Å²) < 4.78 is 1.09. The van der Waals surface area contributed by atoms with Crippen LogP contribution in [0.2, 0.25) is 0 Å². The maximum atomic E-state index is 5.76. The molecular formula is C22H36N6S. The molecule has 0 saturated carbocycles. The lowest BCUT2D eigenvalue weighted by molar-refractivity contribution is 0.683. The second kappa shape index (κ2) is 13.2. The van der Waals surface area contributed by atoms with E-state index in [1.807, 2.05) is 33.8 Å². The van der Waals surface area contributed by atoms with E-state index < -0.39 is 0 Å². The molecule has 6 nitrogen and oxygen atoms in total. The molecule has 3 N–H and O–H groups in total. The number of hydrogen-bond acceptors (Lipinski definition) is 7. The van der Waals surface area contributed by atoms with Gasteiger partial charge in [0.1, 0.15) is 17.5 Å². The second-order valence-corrected chi connectivity index (χ2v) is 7.23. The summed E-state index contributed by atoms with van der Waals surface area (Å²) in [5.74, 6) is 2.81. The molecule has 3 rings (SSSR count). The third-order valence-corrected chi connectivity index (χ3v) is 5.69. The molecule has 160 valence electrons. The van der Waals surface area contributed by atoms with Crippen molar-refractivity contribution >= 4 is 27.4 Å². The molecule has 0 radical (unpaired) electrons. The number of thiophene rings is 1. The smallest absolute Gasteiger partial charge is 0.148 e. The van der Waals surface area contributed by atoms with Crippen molar-refractivity contribution in [2.45, 2.75) is 73.8 Å². The molecule has 0 aromatic carbocycles. The summed E-state index contributed by atoms with van der Waals surface area (Å²) in [6.07, 6.45) is 5.37. The Balaban J connectivity index is 0.000000989. The molecule has 1 unspecified atom stereocenters. The normalized spacial score (nSPS) is 11.2. The van der Waals surface area contributed by atoms with Crippen LogP contribution >= 0.6 is 11.3 Å². The molecule has 0 fully saturated rings. The van der Waals surface area contributed by atoms with Crippen LogP contribution in [0, 0.1) is 6.92 Å². The van der Waals surface area contributed by atoms with E-state index in [1.54, 1.807) is 23.7 Å². The number of aryl methyl sites for hydroxylation is 1. The van der Waals surface area contributed by atoms with Crippen molar-refractivity contribution in [2.24, 2.45) is 5.73 Å². The number of rotatable bonds is 7. The van der Waals surface area contributed by atoms with Crippen molar-refractivity contribution < 1.29 is 0 Å². The Morgan fingerprint density at radius 3 is 2.34 bits per heavy atom. The Hall–Kier alpha value is -2.12. The summed E-state index contributed by atoms with van der Waals surface area (Å²) >= 11 is 1.73. The summed E-state index contributed by atoms with van der Waals surface area (Å²) in [5, 5.41) is 3.41. The van der Waals surface area contributed by atoms with Gasteiger partial charge in [-0.25, -0.2) is 19.9 Å². The first kappa shape index (κ1) is 24.9. The van der Waals surface area contributed by atoms with Crippen molar-refractivity contribution in [1.82, 2.24) is 19.9 Å². The average Bonchev–Trinajstić information content (AvgIpc) is 3.11. The van der Waals surface area contributed by atoms with E-state index in [9.17, 15) is 0 Å². The fourth-order valence-corrected chi connectivity index (χ4v) is 3.85. The summed E-state index contributed by atoms with van der Waals surface area (Å²) in [7, 11) is 0. The van der Waals surface area contributed by atoms with Gasteiger partial charge < -0.3 is 11.1 Å². The maximum Gasteiger partial charge on any atom is 0.148 e. The molecular weight excluding hydrogens is 380 g/mol. The van der Waals surface area contributed by atoms with Crippen LogP contribution in [-0.4, -0.2) is 26.5 Å². The number of nitrogens with zero attached hydrogens (tertiary/aromatic N) is 4. The molecule has 0 aliphatic rings. The summed E-state index contributed by atoms with van der Waals surface area (Å²) in [4.78, 5) is 19.5. The molecule has 29 heavy (non-hydrogen) atoms. The van der Waals surface area contributed by atoms with Crippen molar-refractivity contribution in [3.05, 3.63) is 40.5 Å². The van der Waals surface area contributed by atoms with Gasteiger partial charge in [-0.2, -0.15) is 0 Å². The van der Waals surface area contributed by atoms with E-state index in [1.165, 1.54) is 10.4 Å². The van der Waals surface area contributed by atoms with Gasteiger partial charge >= 0.3 is 0 Å². The van der Waals surface area contributed by atoms with Crippen LogP contribution in [0.3, 0.4) is 0 Å². The fourth-order valence-electron chi connectivity index (χ4n) is 2.63. The van der Waals surface area contributed by atoms with E-state index in [-0.39, 0.29) is 0 Å². The minimum absolute atomic E-state index is 0.315. The Bertz CT molecular complexity index is 847. The van der Waals surface area contributed by atoms with E-state index >= 15 is 0 Å². The lowest BCUT2D eigenvalue weighted by atomic mass is 10.1. The van der Waals surface area contributed by atoms with Gasteiger partial charge in [-0.15, -0.1) is 11.3 Å². The number of nitrogens with one attached hydrogen (secondary N) is 1. The summed E-state index contributed by atoms with van der Waals surface area (Å²) in [6, 6.07) is 1.81. The van der Waals surface area contributed by atoms with Gasteiger partial charge in [0.05, 0.1) is 16.8 Å². The maximum absolute atomic E-state index is 5.76. The lowest BCUT2D eigenvalue weighted by Gasteiger charge is -2.11. The third kappa shape index (κ3) is 6.44. The summed E-state index contributed by atoms with van der Waals surface area (Å²) in [5.41, 5.74) is 8.02. The van der Waals surface area contributed by atoms with Gasteiger partial charge in [0.15, 0.2) is 0 Å². The predicted octanol–water partition coefficient (Wildman–Crippen LogP) is 5.47. The first-order valence-electron chi connectivity index (χ1n) is 10.6. The van der Waals surface area contributed by atoms with Gasteiger partial charge in [0.25, 0.3) is 0 Å². The van der Waals surface area contributed by atoms with Crippen molar-refractivity contribution in [3.8, 4) is 0 Å². The van der Waals surface area contributed by atoms with Crippen LogP contribution in [0.5, 0.6) is 0 Å². The molecule has 3 heterocycles. The van der Waals surface area contributed by atoms with Crippen LogP contribution in [0.15, 0.2) is 18.5 Å². The van der Waals surface area contributed by atoms with Crippen LogP contribution in [0.1, 0.15) is 76.0 Å². The molecule has 0 bridgehead atoms. The van der Waals surface area contributed by atoms with Gasteiger partial charge in [-0.3, -0.25) is 0 Å². The zero-order valence-electron chi connectivity index (χ0n) is 18.9. The number of aromatic nitrogens is 4. The average molecular weight is 417 g/mol. The van der Waals surface area contributed by atoms with Gasteiger partial charge in [-0.05, 0) is 37.9 Å². The lowest BCUT2D eigenvalue weighted by Crippen LogP contribution is -2.08.